The van der Waals surface area contributed by atoms with Crippen molar-refractivity contribution in [2.24, 2.45) is 17.4 Å². The summed E-state index contributed by atoms with van der Waals surface area (Å²) in [4.78, 5) is 68.2. The van der Waals surface area contributed by atoms with Gasteiger partial charge in [-0.1, -0.05) is 19.3 Å². The molecule has 14 heteroatoms. The number of rotatable bonds is 10. The number of carbonyl (C=O) groups excluding carboxylic acids is 4. The van der Waals surface area contributed by atoms with E-state index in [1.54, 1.807) is 41.5 Å². The average Bonchev–Trinajstić information content (AvgIpc) is 3.38. The number of likely N-dealkylation sites (tertiary alicyclic amines) is 1. The normalized spacial score (nSPS) is 18.7. The molecule has 1 saturated heterocycles. The molecule has 2 amide bonds. The number of carboxylic acid groups (broad SMARTS) is 1. The van der Waals surface area contributed by atoms with E-state index in [0.717, 1.165) is 32.1 Å². The van der Waals surface area contributed by atoms with Crippen LogP contribution in [0, 0.1) is 11.3 Å². The van der Waals surface area contributed by atoms with E-state index in [4.69, 9.17) is 26.4 Å². The molecule has 2 aliphatic rings. The first kappa shape index (κ1) is 38.1. The summed E-state index contributed by atoms with van der Waals surface area (Å²) in [6.45, 7) is 9.98. The van der Waals surface area contributed by atoms with Crippen molar-refractivity contribution in [3.05, 3.63) is 29.6 Å². The van der Waals surface area contributed by atoms with Gasteiger partial charge < -0.3 is 30.9 Å². The van der Waals surface area contributed by atoms with E-state index < -0.39 is 46.5 Å². The van der Waals surface area contributed by atoms with E-state index >= 15 is 0 Å². The van der Waals surface area contributed by atoms with Crippen LogP contribution in [0.5, 0.6) is 0 Å². The van der Waals surface area contributed by atoms with Gasteiger partial charge in [-0.15, -0.1) is 0 Å². The van der Waals surface area contributed by atoms with Crippen molar-refractivity contribution in [1.82, 2.24) is 14.8 Å². The minimum Gasteiger partial charge on any atom is -0.479 e. The molecule has 0 aromatic carbocycles. The van der Waals surface area contributed by atoms with Crippen molar-refractivity contribution in [1.29, 1.82) is 5.41 Å². The summed E-state index contributed by atoms with van der Waals surface area (Å²) in [6, 6.07) is 2.95. The van der Waals surface area contributed by atoms with Gasteiger partial charge in [0.05, 0.1) is 25.2 Å². The van der Waals surface area contributed by atoms with Crippen LogP contribution in [0.15, 0.2) is 18.3 Å². The lowest BCUT2D eigenvalue weighted by atomic mass is 9.73. The molecule has 1 aliphatic heterocycles. The number of amidine groups is 1. The fourth-order valence-corrected chi connectivity index (χ4v) is 5.85. The van der Waals surface area contributed by atoms with Crippen LogP contribution in [0.4, 0.5) is 0 Å². The first-order chi connectivity index (χ1) is 21.2. The molecule has 2 fully saturated rings. The fraction of sp³-hybridized carbons (Fsp3) is 0.656. The lowest BCUT2D eigenvalue weighted by Crippen LogP contribution is -2.60. The number of hydrogen-bond donors (Lipinski definition) is 4. The molecule has 256 valence electrons. The number of pyridine rings is 1. The van der Waals surface area contributed by atoms with E-state index in [1.165, 1.54) is 28.1 Å². The van der Waals surface area contributed by atoms with Gasteiger partial charge in [-0.25, -0.2) is 4.79 Å². The smallest absolute Gasteiger partial charge is 0.329 e. The maximum Gasteiger partial charge on any atom is 0.329 e. The maximum absolute atomic E-state index is 13.5. The van der Waals surface area contributed by atoms with Crippen molar-refractivity contribution in [3.63, 3.8) is 0 Å². The minimum absolute atomic E-state index is 0.0876. The molecule has 14 nitrogen and oxygen atoms in total. The minimum atomic E-state index is -1.22. The Balaban J connectivity index is 0.000000512. The number of ether oxygens (including phenoxy) is 2. The lowest BCUT2D eigenvalue weighted by Gasteiger charge is -2.43. The second-order valence-electron chi connectivity index (χ2n) is 13.7. The van der Waals surface area contributed by atoms with Crippen molar-refractivity contribution in [2.75, 3.05) is 26.2 Å². The number of nitrogens with two attached hydrogens (primary N) is 2. The molecule has 1 aliphatic carbocycles. The molecule has 46 heavy (non-hydrogen) atoms. The molecule has 0 spiro atoms. The van der Waals surface area contributed by atoms with E-state index in [9.17, 15) is 29.1 Å². The number of hydrogen-bond acceptors (Lipinski definition) is 10. The van der Waals surface area contributed by atoms with Crippen LogP contribution >= 0.6 is 0 Å². The predicted molar refractivity (Wildman–Crippen MR) is 170 cm³/mol. The number of nitrogen functional groups attached to an aromatic ring is 1. The van der Waals surface area contributed by atoms with Crippen LogP contribution in [-0.2, 0) is 28.7 Å². The number of nitrogens with zero attached hydrogens (tertiary/aromatic N) is 3. The molecule has 1 saturated carbocycles. The number of aliphatic carboxylic acids is 1. The van der Waals surface area contributed by atoms with Gasteiger partial charge in [-0.05, 0) is 85.3 Å². The summed E-state index contributed by atoms with van der Waals surface area (Å²) >= 11 is 0. The maximum atomic E-state index is 13.5. The SMILES string of the molecule is CC(C)(C)OC(=O)CN(CC(=O)OC(C)(C)C)CC(=O)N1CCC[C@]1(C(=O)O)C1CCCCC1.N=C(N)c1ccc(C(N)=O)cn1. The summed E-state index contributed by atoms with van der Waals surface area (Å²) in [6.07, 6.45) is 6.92. The summed E-state index contributed by atoms with van der Waals surface area (Å²) in [5.41, 5.74) is 8.11. The highest BCUT2D eigenvalue weighted by molar-refractivity contribution is 5.95. The third kappa shape index (κ3) is 11.4. The van der Waals surface area contributed by atoms with Crippen LogP contribution in [0.25, 0.3) is 0 Å². The average molecular weight is 647 g/mol. The number of amides is 2. The second-order valence-corrected chi connectivity index (χ2v) is 13.7. The van der Waals surface area contributed by atoms with Crippen LogP contribution in [-0.4, -0.2) is 98.4 Å². The van der Waals surface area contributed by atoms with Crippen LogP contribution in [0.1, 0.15) is 103 Å². The summed E-state index contributed by atoms with van der Waals surface area (Å²) in [5, 5.41) is 17.3. The molecule has 1 atom stereocenters. The topological polar surface area (TPSA) is 219 Å². The van der Waals surface area contributed by atoms with Crippen LogP contribution in [0.2, 0.25) is 0 Å². The van der Waals surface area contributed by atoms with Crippen molar-refractivity contribution in [3.8, 4) is 0 Å². The van der Waals surface area contributed by atoms with E-state index in [-0.39, 0.29) is 31.4 Å². The number of esters is 2. The highest BCUT2D eigenvalue weighted by Gasteiger charge is 2.55. The number of carbonyl (C=O) groups is 5. The zero-order valence-corrected chi connectivity index (χ0v) is 27.9. The Morgan fingerprint density at radius 1 is 0.935 bits per heavy atom. The van der Waals surface area contributed by atoms with Crippen LogP contribution in [0.3, 0.4) is 0 Å². The third-order valence-electron chi connectivity index (χ3n) is 7.60. The van der Waals surface area contributed by atoms with Gasteiger partial charge in [-0.2, -0.15) is 0 Å². The highest BCUT2D eigenvalue weighted by Crippen LogP contribution is 2.43. The Hall–Kier alpha value is -4.07. The Bertz CT molecular complexity index is 1200. The quantitative estimate of drug-likeness (QED) is 0.164. The van der Waals surface area contributed by atoms with Crippen molar-refractivity contribution < 1.29 is 38.6 Å². The monoisotopic (exact) mass is 646 g/mol. The van der Waals surface area contributed by atoms with Crippen molar-refractivity contribution >= 4 is 35.6 Å². The van der Waals surface area contributed by atoms with Gasteiger partial charge in [0.2, 0.25) is 11.8 Å². The second kappa shape index (κ2) is 16.0. The summed E-state index contributed by atoms with van der Waals surface area (Å²) < 4.78 is 10.8. The van der Waals surface area contributed by atoms with Gasteiger partial charge in [0.15, 0.2) is 0 Å². The lowest BCUT2D eigenvalue weighted by molar-refractivity contribution is -0.165. The van der Waals surface area contributed by atoms with Gasteiger partial charge in [-0.3, -0.25) is 34.5 Å². The molecular formula is C32H50N6O8. The largest absolute Gasteiger partial charge is 0.479 e. The third-order valence-corrected chi connectivity index (χ3v) is 7.60. The predicted octanol–water partition coefficient (Wildman–Crippen LogP) is 2.46. The molecule has 1 aromatic rings. The van der Waals surface area contributed by atoms with Gasteiger partial charge >= 0.3 is 17.9 Å². The van der Waals surface area contributed by atoms with Crippen LogP contribution < -0.4 is 11.5 Å². The number of nitrogens with one attached hydrogen (secondary N) is 1. The Kier molecular flexibility index (Phi) is 13.2. The molecule has 0 radical (unpaired) electrons. The number of primary amides is 1. The molecular weight excluding hydrogens is 596 g/mol. The number of aromatic nitrogens is 1. The first-order valence-corrected chi connectivity index (χ1v) is 15.6. The van der Waals surface area contributed by atoms with E-state index in [0.29, 0.717) is 30.6 Å². The Labute approximate surface area is 270 Å². The zero-order chi connectivity index (χ0) is 34.9. The molecule has 2 heterocycles. The Morgan fingerprint density at radius 3 is 1.89 bits per heavy atom. The first-order valence-electron chi connectivity index (χ1n) is 15.6. The van der Waals surface area contributed by atoms with E-state index in [2.05, 4.69) is 4.98 Å². The van der Waals surface area contributed by atoms with Gasteiger partial charge in [0.1, 0.15) is 28.3 Å². The zero-order valence-electron chi connectivity index (χ0n) is 27.9. The van der Waals surface area contributed by atoms with E-state index in [1.807, 2.05) is 0 Å². The highest BCUT2D eigenvalue weighted by atomic mass is 16.6. The van der Waals surface area contributed by atoms with Crippen molar-refractivity contribution in [2.45, 2.75) is 103 Å². The molecule has 1 aromatic heterocycles. The molecule has 0 bridgehead atoms. The Morgan fingerprint density at radius 2 is 1.48 bits per heavy atom. The fourth-order valence-electron chi connectivity index (χ4n) is 5.85. The standard InChI is InChI=1S/C25H42N2O7.C7H8N4O/c1-23(2,3)33-20(29)16-26(17-21(30)34-24(4,5)6)15-19(28)27-14-10-13-25(27,22(31)32)18-11-8-7-9-12-18;8-6(9)5-2-1-4(3-11-5)7(10)12/h18H,7-17H2,1-6H3,(H,31,32);1-3H,(H3,8,9)(H2,10,12)/t25-;/m1./s1. The summed E-state index contributed by atoms with van der Waals surface area (Å²) in [7, 11) is 0. The molecule has 0 unspecified atom stereocenters. The molecule has 3 rings (SSSR count). The molecule has 6 N–H and O–H groups in total. The summed E-state index contributed by atoms with van der Waals surface area (Å²) in [5.74, 6) is -3.25. The van der Waals surface area contributed by atoms with Gasteiger partial charge in [0, 0.05) is 12.7 Å². The number of carboxylic acids is 1. The van der Waals surface area contributed by atoms with Gasteiger partial charge in [0.25, 0.3) is 0 Å².